The maximum atomic E-state index is 11.9. The van der Waals surface area contributed by atoms with E-state index in [0.29, 0.717) is 5.56 Å². The molecule has 0 unspecified atom stereocenters. The van der Waals surface area contributed by atoms with Crippen LogP contribution in [0.4, 0.5) is 5.69 Å². The van der Waals surface area contributed by atoms with Gasteiger partial charge in [-0.2, -0.15) is 0 Å². The summed E-state index contributed by atoms with van der Waals surface area (Å²) in [6, 6.07) is 8.00. The second kappa shape index (κ2) is 6.01. The van der Waals surface area contributed by atoms with Crippen molar-refractivity contribution in [3.8, 4) is 5.75 Å². The molecule has 0 saturated heterocycles. The number of rotatable bonds is 4. The first-order valence-corrected chi connectivity index (χ1v) is 7.35. The predicted octanol–water partition coefficient (Wildman–Crippen LogP) is 3.01. The van der Waals surface area contributed by atoms with Crippen LogP contribution >= 0.6 is 11.3 Å². The van der Waals surface area contributed by atoms with Gasteiger partial charge in [-0.3, -0.25) is 10.1 Å². The number of nitrogens with zero attached hydrogens (tertiary/aromatic N) is 2. The minimum Gasteiger partial charge on any atom is -0.490 e. The number of methoxy groups -OCH3 is 1. The Kier molecular flexibility index (Phi) is 3.90. The number of hydrogen-bond donors (Lipinski definition) is 0. The lowest BCUT2D eigenvalue weighted by Crippen LogP contribution is -2.03. The van der Waals surface area contributed by atoms with Gasteiger partial charge in [-0.25, -0.2) is 9.79 Å². The second-order valence-electron chi connectivity index (χ2n) is 4.50. The largest absolute Gasteiger partial charge is 0.490 e. The fraction of sp³-hybridized carbons (Fsp3) is 0.0667. The Morgan fingerprint density at radius 3 is 2.87 bits per heavy atom. The lowest BCUT2D eigenvalue weighted by Gasteiger charge is -2.02. The van der Waals surface area contributed by atoms with Crippen molar-refractivity contribution in [1.82, 2.24) is 0 Å². The van der Waals surface area contributed by atoms with Gasteiger partial charge < -0.3 is 9.47 Å². The average molecular weight is 330 g/mol. The van der Waals surface area contributed by atoms with Crippen LogP contribution in [-0.4, -0.2) is 23.9 Å². The van der Waals surface area contributed by atoms with Gasteiger partial charge in [-0.1, -0.05) is 12.1 Å². The van der Waals surface area contributed by atoms with Crippen molar-refractivity contribution in [2.45, 2.75) is 0 Å². The van der Waals surface area contributed by atoms with Gasteiger partial charge in [0.25, 0.3) is 0 Å². The molecule has 0 saturated carbocycles. The highest BCUT2D eigenvalue weighted by Crippen LogP contribution is 2.29. The van der Waals surface area contributed by atoms with Crippen molar-refractivity contribution < 1.29 is 19.2 Å². The quantitative estimate of drug-likeness (QED) is 0.372. The maximum Gasteiger partial charge on any atom is 0.363 e. The van der Waals surface area contributed by atoms with E-state index in [-0.39, 0.29) is 23.0 Å². The number of carbonyl (C=O) groups excluding carboxylic acids is 1. The second-order valence-corrected chi connectivity index (χ2v) is 5.45. The highest BCUT2D eigenvalue weighted by molar-refractivity contribution is 7.12. The van der Waals surface area contributed by atoms with E-state index in [9.17, 15) is 14.9 Å². The smallest absolute Gasteiger partial charge is 0.363 e. The third-order valence-electron chi connectivity index (χ3n) is 3.06. The van der Waals surface area contributed by atoms with Crippen molar-refractivity contribution in [3.63, 3.8) is 0 Å². The normalized spacial score (nSPS) is 15.4. The summed E-state index contributed by atoms with van der Waals surface area (Å²) in [5.41, 5.74) is 0.365. The van der Waals surface area contributed by atoms with Crippen LogP contribution in [0.2, 0.25) is 0 Å². The molecule has 116 valence electrons. The lowest BCUT2D eigenvalue weighted by atomic mass is 10.1. The van der Waals surface area contributed by atoms with Crippen LogP contribution in [0.25, 0.3) is 6.08 Å². The summed E-state index contributed by atoms with van der Waals surface area (Å²) >= 11 is 1.40. The maximum absolute atomic E-state index is 11.9. The Bertz CT molecular complexity index is 840. The summed E-state index contributed by atoms with van der Waals surface area (Å²) < 4.78 is 10.0. The molecule has 0 amide bonds. The summed E-state index contributed by atoms with van der Waals surface area (Å²) in [7, 11) is 1.35. The van der Waals surface area contributed by atoms with Gasteiger partial charge in [0.2, 0.25) is 5.90 Å². The molecule has 0 aliphatic carbocycles. The molecular formula is C15H10N2O5S. The third kappa shape index (κ3) is 2.97. The summed E-state index contributed by atoms with van der Waals surface area (Å²) in [6.45, 7) is 0. The zero-order chi connectivity index (χ0) is 16.4. The fourth-order valence-electron chi connectivity index (χ4n) is 2.01. The van der Waals surface area contributed by atoms with E-state index in [1.165, 1.54) is 36.7 Å². The van der Waals surface area contributed by atoms with Crippen LogP contribution in [0, 0.1) is 10.1 Å². The Balaban J connectivity index is 1.97. The van der Waals surface area contributed by atoms with E-state index in [1.54, 1.807) is 12.1 Å². The molecule has 1 aliphatic rings. The van der Waals surface area contributed by atoms with Crippen LogP contribution < -0.4 is 4.74 Å². The van der Waals surface area contributed by atoms with E-state index in [1.807, 2.05) is 11.4 Å². The number of thiophene rings is 1. The average Bonchev–Trinajstić information content (AvgIpc) is 3.17. The number of nitro groups is 1. The molecule has 8 heteroatoms. The first kappa shape index (κ1) is 14.9. The van der Waals surface area contributed by atoms with E-state index in [2.05, 4.69) is 4.99 Å². The standard InChI is InChI=1S/C15H10N2O5S/c1-21-12-5-4-9(8-11(12)17(19)20)7-10-15(18)22-14(16-10)13-3-2-6-23-13/h2-8H,1H3/b10-7-. The van der Waals surface area contributed by atoms with Gasteiger partial charge in [0.1, 0.15) is 0 Å². The van der Waals surface area contributed by atoms with Gasteiger partial charge in [0.15, 0.2) is 11.4 Å². The van der Waals surface area contributed by atoms with E-state index in [4.69, 9.17) is 9.47 Å². The predicted molar refractivity (Wildman–Crippen MR) is 84.6 cm³/mol. The lowest BCUT2D eigenvalue weighted by molar-refractivity contribution is -0.385. The molecule has 0 fully saturated rings. The zero-order valence-electron chi connectivity index (χ0n) is 11.9. The highest BCUT2D eigenvalue weighted by Gasteiger charge is 2.25. The molecule has 0 N–H and O–H groups in total. The number of aliphatic imine (C=N–C) groups is 1. The molecule has 0 spiro atoms. The SMILES string of the molecule is COc1ccc(/C=C2\N=C(c3cccs3)OC2=O)cc1[N+](=O)[O-]. The number of carbonyl (C=O) groups is 1. The number of benzene rings is 1. The van der Waals surface area contributed by atoms with Crippen molar-refractivity contribution in [3.05, 3.63) is 62.0 Å². The Morgan fingerprint density at radius 2 is 2.22 bits per heavy atom. The number of ether oxygens (including phenoxy) is 2. The minimum absolute atomic E-state index is 0.0906. The van der Waals surface area contributed by atoms with Gasteiger partial charge >= 0.3 is 11.7 Å². The number of cyclic esters (lactones) is 1. The van der Waals surface area contributed by atoms with Crippen molar-refractivity contribution in [2.75, 3.05) is 7.11 Å². The van der Waals surface area contributed by atoms with E-state index >= 15 is 0 Å². The number of hydrogen-bond acceptors (Lipinski definition) is 7. The van der Waals surface area contributed by atoms with Crippen molar-refractivity contribution >= 4 is 35.0 Å². The van der Waals surface area contributed by atoms with E-state index < -0.39 is 10.9 Å². The number of nitro benzene ring substituents is 1. The highest BCUT2D eigenvalue weighted by atomic mass is 32.1. The summed E-state index contributed by atoms with van der Waals surface area (Å²) in [5, 5.41) is 12.9. The molecule has 1 aliphatic heterocycles. The molecule has 0 radical (unpaired) electrons. The molecule has 7 nitrogen and oxygen atoms in total. The fourth-order valence-corrected chi connectivity index (χ4v) is 2.66. The minimum atomic E-state index is -0.591. The Labute approximate surface area is 134 Å². The molecule has 1 aromatic carbocycles. The van der Waals surface area contributed by atoms with E-state index in [0.717, 1.165) is 4.88 Å². The Hall–Kier alpha value is -3.00. The van der Waals surface area contributed by atoms with Crippen LogP contribution in [-0.2, 0) is 9.53 Å². The molecule has 2 aromatic rings. The van der Waals surface area contributed by atoms with Crippen LogP contribution in [0.5, 0.6) is 5.75 Å². The summed E-state index contributed by atoms with van der Waals surface area (Å²) in [6.07, 6.45) is 1.44. The van der Waals surface area contributed by atoms with Crippen molar-refractivity contribution in [2.24, 2.45) is 4.99 Å². The molecule has 0 bridgehead atoms. The van der Waals surface area contributed by atoms with Crippen LogP contribution in [0.15, 0.2) is 46.4 Å². The van der Waals surface area contributed by atoms with Crippen LogP contribution in [0.1, 0.15) is 10.4 Å². The van der Waals surface area contributed by atoms with Gasteiger partial charge in [0, 0.05) is 6.07 Å². The topological polar surface area (TPSA) is 91.0 Å². The monoisotopic (exact) mass is 330 g/mol. The molecule has 1 aromatic heterocycles. The molecule has 2 heterocycles. The molecule has 0 atom stereocenters. The first-order valence-electron chi connectivity index (χ1n) is 6.47. The van der Waals surface area contributed by atoms with Crippen LogP contribution in [0.3, 0.4) is 0 Å². The summed E-state index contributed by atoms with van der Waals surface area (Å²) in [5.74, 6) is -0.208. The molecule has 23 heavy (non-hydrogen) atoms. The number of esters is 1. The van der Waals surface area contributed by atoms with Gasteiger partial charge in [-0.15, -0.1) is 11.3 Å². The Morgan fingerprint density at radius 1 is 1.39 bits per heavy atom. The molecular weight excluding hydrogens is 320 g/mol. The summed E-state index contributed by atoms with van der Waals surface area (Å²) in [4.78, 5) is 27.2. The first-order chi connectivity index (χ1) is 11.1. The molecule has 3 rings (SSSR count). The van der Waals surface area contributed by atoms with Gasteiger partial charge in [-0.05, 0) is 29.2 Å². The zero-order valence-corrected chi connectivity index (χ0v) is 12.7. The van der Waals surface area contributed by atoms with Crippen molar-refractivity contribution in [1.29, 1.82) is 0 Å². The van der Waals surface area contributed by atoms with Gasteiger partial charge in [0.05, 0.1) is 16.9 Å². The third-order valence-corrected chi connectivity index (χ3v) is 3.91.